The molecular formula is C17H19N3O2. The number of hydrogen-bond donors (Lipinski definition) is 2. The van der Waals surface area contributed by atoms with Crippen LogP contribution >= 0.6 is 0 Å². The van der Waals surface area contributed by atoms with Crippen molar-refractivity contribution in [2.75, 3.05) is 5.32 Å². The van der Waals surface area contributed by atoms with Crippen molar-refractivity contribution in [1.29, 1.82) is 5.26 Å². The van der Waals surface area contributed by atoms with Crippen LogP contribution in [0.4, 0.5) is 5.69 Å². The molecule has 0 aromatic heterocycles. The molecule has 22 heavy (non-hydrogen) atoms. The predicted octanol–water partition coefficient (Wildman–Crippen LogP) is 2.34. The van der Waals surface area contributed by atoms with Gasteiger partial charge in [-0.15, -0.1) is 0 Å². The van der Waals surface area contributed by atoms with Crippen LogP contribution in [0.1, 0.15) is 44.1 Å². The molecule has 2 N–H and O–H groups in total. The number of para-hydroxylation sites is 1. The lowest BCUT2D eigenvalue weighted by Gasteiger charge is -2.19. The van der Waals surface area contributed by atoms with Crippen LogP contribution in [0.2, 0.25) is 0 Å². The number of anilines is 1. The normalized spacial score (nSPS) is 19.2. The molecule has 5 nitrogen and oxygen atoms in total. The summed E-state index contributed by atoms with van der Waals surface area (Å²) in [4.78, 5) is 24.9. The third-order valence-corrected chi connectivity index (χ3v) is 4.61. The predicted molar refractivity (Wildman–Crippen MR) is 81.9 cm³/mol. The monoisotopic (exact) mass is 297 g/mol. The van der Waals surface area contributed by atoms with Crippen molar-refractivity contribution >= 4 is 17.5 Å². The summed E-state index contributed by atoms with van der Waals surface area (Å²) in [5.41, 5.74) is -0.0664. The van der Waals surface area contributed by atoms with Crippen LogP contribution in [-0.2, 0) is 9.59 Å². The molecule has 2 aliphatic carbocycles. The van der Waals surface area contributed by atoms with Gasteiger partial charge in [-0.2, -0.15) is 5.26 Å². The zero-order valence-electron chi connectivity index (χ0n) is 12.4. The van der Waals surface area contributed by atoms with E-state index in [9.17, 15) is 9.59 Å². The summed E-state index contributed by atoms with van der Waals surface area (Å²) < 4.78 is 0. The smallest absolute Gasteiger partial charge is 0.240 e. The van der Waals surface area contributed by atoms with Gasteiger partial charge in [-0.05, 0) is 37.8 Å². The molecule has 0 aliphatic heterocycles. The van der Waals surface area contributed by atoms with Gasteiger partial charge in [0.1, 0.15) is 11.5 Å². The molecule has 2 fully saturated rings. The summed E-state index contributed by atoms with van der Waals surface area (Å²) in [6.07, 6.45) is 5.43. The maximum Gasteiger partial charge on any atom is 0.240 e. The average Bonchev–Trinajstić information content (AvgIpc) is 3.20. The zero-order valence-corrected chi connectivity index (χ0v) is 12.4. The van der Waals surface area contributed by atoms with E-state index in [0.29, 0.717) is 24.1 Å². The van der Waals surface area contributed by atoms with Crippen molar-refractivity contribution in [3.63, 3.8) is 0 Å². The van der Waals surface area contributed by atoms with Crippen LogP contribution in [0.25, 0.3) is 0 Å². The van der Waals surface area contributed by atoms with E-state index in [0.717, 1.165) is 25.7 Å². The molecule has 0 atom stereocenters. The van der Waals surface area contributed by atoms with Crippen LogP contribution in [0.5, 0.6) is 0 Å². The van der Waals surface area contributed by atoms with Gasteiger partial charge in [0.15, 0.2) is 0 Å². The first-order valence-electron chi connectivity index (χ1n) is 7.77. The maximum absolute atomic E-state index is 12.5. The fourth-order valence-electron chi connectivity index (χ4n) is 3.01. The summed E-state index contributed by atoms with van der Waals surface area (Å²) in [5.74, 6) is -0.461. The molecule has 0 heterocycles. The number of nitrogens with zero attached hydrogens (tertiary/aromatic N) is 1. The lowest BCUT2D eigenvalue weighted by molar-refractivity contribution is -0.134. The van der Waals surface area contributed by atoms with E-state index in [2.05, 4.69) is 10.6 Å². The summed E-state index contributed by atoms with van der Waals surface area (Å²) in [5, 5.41) is 14.8. The molecule has 2 saturated carbocycles. The number of amides is 2. The van der Waals surface area contributed by atoms with Crippen molar-refractivity contribution in [2.24, 2.45) is 5.41 Å². The SMILES string of the molecule is N#Cc1ccccc1NC(=O)C1(C(=O)NC2CCCC2)CC1. The minimum absolute atomic E-state index is 0.161. The van der Waals surface area contributed by atoms with Crippen molar-refractivity contribution in [2.45, 2.75) is 44.6 Å². The Bertz CT molecular complexity index is 638. The molecule has 3 rings (SSSR count). The van der Waals surface area contributed by atoms with E-state index in [-0.39, 0.29) is 17.9 Å². The number of rotatable bonds is 4. The molecule has 0 unspecified atom stereocenters. The average molecular weight is 297 g/mol. The van der Waals surface area contributed by atoms with Gasteiger partial charge in [-0.25, -0.2) is 0 Å². The number of carbonyl (C=O) groups is 2. The lowest BCUT2D eigenvalue weighted by atomic mass is 10.0. The Morgan fingerprint density at radius 2 is 1.82 bits per heavy atom. The highest BCUT2D eigenvalue weighted by Gasteiger charge is 2.56. The minimum atomic E-state index is -0.939. The Morgan fingerprint density at radius 3 is 2.45 bits per heavy atom. The summed E-state index contributed by atoms with van der Waals surface area (Å²) in [6.45, 7) is 0. The zero-order chi connectivity index (χ0) is 15.6. The molecule has 2 aliphatic rings. The number of nitrogens with one attached hydrogen (secondary N) is 2. The van der Waals surface area contributed by atoms with E-state index in [4.69, 9.17) is 5.26 Å². The lowest BCUT2D eigenvalue weighted by Crippen LogP contribution is -2.43. The fraction of sp³-hybridized carbons (Fsp3) is 0.471. The molecular weight excluding hydrogens is 278 g/mol. The Kier molecular flexibility index (Phi) is 3.84. The highest BCUT2D eigenvalue weighted by molar-refractivity contribution is 6.13. The topological polar surface area (TPSA) is 82.0 Å². The van der Waals surface area contributed by atoms with Gasteiger partial charge in [0.2, 0.25) is 11.8 Å². The highest BCUT2D eigenvalue weighted by atomic mass is 16.2. The summed E-state index contributed by atoms with van der Waals surface area (Å²) in [7, 11) is 0. The summed E-state index contributed by atoms with van der Waals surface area (Å²) >= 11 is 0. The molecule has 0 bridgehead atoms. The van der Waals surface area contributed by atoms with E-state index < -0.39 is 5.41 Å². The largest absolute Gasteiger partial charge is 0.352 e. The molecule has 0 spiro atoms. The van der Waals surface area contributed by atoms with Gasteiger partial charge in [0, 0.05) is 6.04 Å². The fourth-order valence-corrected chi connectivity index (χ4v) is 3.01. The Morgan fingerprint density at radius 1 is 1.14 bits per heavy atom. The second kappa shape index (κ2) is 5.80. The number of carbonyl (C=O) groups excluding carboxylic acids is 2. The molecule has 1 aromatic carbocycles. The van der Waals surface area contributed by atoms with Gasteiger partial charge in [0.25, 0.3) is 0 Å². The quantitative estimate of drug-likeness (QED) is 0.837. The minimum Gasteiger partial charge on any atom is -0.352 e. The molecule has 0 radical (unpaired) electrons. The highest BCUT2D eigenvalue weighted by Crippen LogP contribution is 2.47. The van der Waals surface area contributed by atoms with Crippen molar-refractivity contribution in [3.8, 4) is 6.07 Å². The van der Waals surface area contributed by atoms with E-state index in [1.54, 1.807) is 24.3 Å². The Balaban J connectivity index is 1.68. The molecule has 0 saturated heterocycles. The van der Waals surface area contributed by atoms with Gasteiger partial charge in [0.05, 0.1) is 11.3 Å². The van der Waals surface area contributed by atoms with Crippen LogP contribution in [0.15, 0.2) is 24.3 Å². The number of hydrogen-bond acceptors (Lipinski definition) is 3. The van der Waals surface area contributed by atoms with Gasteiger partial charge in [-0.1, -0.05) is 25.0 Å². The molecule has 114 valence electrons. The second-order valence-electron chi connectivity index (χ2n) is 6.15. The first-order chi connectivity index (χ1) is 10.7. The third kappa shape index (κ3) is 2.69. The Labute approximate surface area is 129 Å². The Hall–Kier alpha value is -2.35. The van der Waals surface area contributed by atoms with Crippen molar-refractivity contribution in [3.05, 3.63) is 29.8 Å². The summed E-state index contributed by atoms with van der Waals surface area (Å²) in [6, 6.07) is 9.09. The van der Waals surface area contributed by atoms with Gasteiger partial charge in [-0.3, -0.25) is 9.59 Å². The second-order valence-corrected chi connectivity index (χ2v) is 6.15. The van der Waals surface area contributed by atoms with Crippen molar-refractivity contribution in [1.82, 2.24) is 5.32 Å². The van der Waals surface area contributed by atoms with Crippen LogP contribution in [0.3, 0.4) is 0 Å². The third-order valence-electron chi connectivity index (χ3n) is 4.61. The molecule has 2 amide bonds. The number of benzene rings is 1. The van der Waals surface area contributed by atoms with Crippen LogP contribution in [0, 0.1) is 16.7 Å². The van der Waals surface area contributed by atoms with Gasteiger partial charge < -0.3 is 10.6 Å². The van der Waals surface area contributed by atoms with Gasteiger partial charge >= 0.3 is 0 Å². The standard InChI is InChI=1S/C17H19N3O2/c18-11-12-5-1-4-8-14(12)20-16(22)17(9-10-17)15(21)19-13-6-2-3-7-13/h1,4-5,8,13H,2-3,6-7,9-10H2,(H,19,21)(H,20,22). The van der Waals surface area contributed by atoms with E-state index >= 15 is 0 Å². The maximum atomic E-state index is 12.5. The number of nitriles is 1. The van der Waals surface area contributed by atoms with Crippen LogP contribution < -0.4 is 10.6 Å². The first-order valence-corrected chi connectivity index (χ1v) is 7.77. The molecule has 5 heteroatoms. The van der Waals surface area contributed by atoms with Crippen LogP contribution in [-0.4, -0.2) is 17.9 Å². The van der Waals surface area contributed by atoms with E-state index in [1.165, 1.54) is 0 Å². The van der Waals surface area contributed by atoms with E-state index in [1.807, 2.05) is 6.07 Å². The van der Waals surface area contributed by atoms with Crippen molar-refractivity contribution < 1.29 is 9.59 Å². The molecule has 1 aromatic rings. The first kappa shape index (κ1) is 14.6.